The SMILES string of the molecule is COC(=O)C1c2c(oc3cc(C)cc(O)c3c2=O)CC(O)C1O. The fourth-order valence-corrected chi connectivity index (χ4v) is 3.05. The number of hydrogen-bond acceptors (Lipinski definition) is 7. The molecule has 3 N–H and O–H groups in total. The number of esters is 1. The van der Waals surface area contributed by atoms with Crippen molar-refractivity contribution >= 4 is 16.9 Å². The zero-order valence-electron chi connectivity index (χ0n) is 12.6. The van der Waals surface area contributed by atoms with Crippen molar-refractivity contribution in [3.8, 4) is 5.75 Å². The molecule has 0 fully saturated rings. The van der Waals surface area contributed by atoms with E-state index in [1.165, 1.54) is 6.07 Å². The number of benzene rings is 1. The van der Waals surface area contributed by atoms with Gasteiger partial charge in [-0.15, -0.1) is 0 Å². The summed E-state index contributed by atoms with van der Waals surface area (Å²) < 4.78 is 10.3. The highest BCUT2D eigenvalue weighted by Crippen LogP contribution is 2.35. The van der Waals surface area contributed by atoms with Crippen LogP contribution in [0.4, 0.5) is 0 Å². The molecule has 3 rings (SSSR count). The van der Waals surface area contributed by atoms with E-state index >= 15 is 0 Å². The van der Waals surface area contributed by atoms with Crippen LogP contribution in [0.25, 0.3) is 11.0 Å². The van der Waals surface area contributed by atoms with E-state index in [4.69, 9.17) is 4.42 Å². The predicted octanol–water partition coefficient (Wildman–Crippen LogP) is 0.342. The molecule has 23 heavy (non-hydrogen) atoms. The standard InChI is InChI=1S/C16H16O7/c1-6-3-7(17)11-9(4-6)23-10-5-8(18)14(19)13(16(21)22-2)12(10)15(11)20/h3-4,8,13-14,17-19H,5H2,1-2H3. The number of phenolic OH excluding ortho intramolecular Hbond substituents is 1. The van der Waals surface area contributed by atoms with E-state index in [2.05, 4.69) is 4.74 Å². The number of aliphatic hydroxyl groups is 2. The summed E-state index contributed by atoms with van der Waals surface area (Å²) in [6, 6.07) is 2.99. The lowest BCUT2D eigenvalue weighted by Crippen LogP contribution is -2.44. The number of hydrogen-bond donors (Lipinski definition) is 3. The summed E-state index contributed by atoms with van der Waals surface area (Å²) in [5, 5.41) is 30.0. The number of carbonyl (C=O) groups excluding carboxylic acids is 1. The average molecular weight is 320 g/mol. The van der Waals surface area contributed by atoms with Gasteiger partial charge in [0.25, 0.3) is 0 Å². The van der Waals surface area contributed by atoms with Crippen molar-refractivity contribution in [1.82, 2.24) is 0 Å². The lowest BCUT2D eigenvalue weighted by atomic mass is 9.81. The molecule has 122 valence electrons. The highest BCUT2D eigenvalue weighted by Gasteiger charge is 2.43. The molecule has 7 heteroatoms. The molecule has 0 aliphatic heterocycles. The van der Waals surface area contributed by atoms with Crippen molar-refractivity contribution in [3.63, 3.8) is 0 Å². The number of methoxy groups -OCH3 is 1. The summed E-state index contributed by atoms with van der Waals surface area (Å²) in [5.74, 6) is -2.36. The zero-order valence-corrected chi connectivity index (χ0v) is 12.6. The van der Waals surface area contributed by atoms with E-state index in [-0.39, 0.29) is 34.5 Å². The van der Waals surface area contributed by atoms with Gasteiger partial charge in [0.05, 0.1) is 24.9 Å². The fraction of sp³-hybridized carbons (Fsp3) is 0.375. The summed E-state index contributed by atoms with van der Waals surface area (Å²) in [7, 11) is 1.12. The van der Waals surface area contributed by atoms with Crippen LogP contribution in [0.5, 0.6) is 5.75 Å². The van der Waals surface area contributed by atoms with Crippen LogP contribution >= 0.6 is 0 Å². The molecule has 0 saturated heterocycles. The lowest BCUT2D eigenvalue weighted by Gasteiger charge is -2.30. The lowest BCUT2D eigenvalue weighted by molar-refractivity contribution is -0.148. The number of aromatic hydroxyl groups is 1. The molecule has 0 saturated carbocycles. The minimum Gasteiger partial charge on any atom is -0.507 e. The van der Waals surface area contributed by atoms with Crippen molar-refractivity contribution < 1.29 is 29.3 Å². The maximum absolute atomic E-state index is 12.8. The van der Waals surface area contributed by atoms with Gasteiger partial charge in [0.1, 0.15) is 28.4 Å². The molecule has 3 unspecified atom stereocenters. The van der Waals surface area contributed by atoms with Gasteiger partial charge in [-0.25, -0.2) is 0 Å². The Hall–Kier alpha value is -2.38. The van der Waals surface area contributed by atoms with Gasteiger partial charge in [-0.2, -0.15) is 0 Å². The van der Waals surface area contributed by atoms with Crippen LogP contribution in [0.2, 0.25) is 0 Å². The number of ether oxygens (including phenoxy) is 1. The molecule has 1 aliphatic rings. The number of aliphatic hydroxyl groups excluding tert-OH is 2. The summed E-state index contributed by atoms with van der Waals surface area (Å²) >= 11 is 0. The van der Waals surface area contributed by atoms with Crippen molar-refractivity contribution in [1.29, 1.82) is 0 Å². The Morgan fingerprint density at radius 2 is 2.04 bits per heavy atom. The van der Waals surface area contributed by atoms with Crippen LogP contribution < -0.4 is 5.43 Å². The summed E-state index contributed by atoms with van der Waals surface area (Å²) in [6.07, 6.45) is -2.85. The molecule has 2 aromatic rings. The third-order valence-corrected chi connectivity index (χ3v) is 4.13. The predicted molar refractivity (Wildman–Crippen MR) is 79.4 cm³/mol. The second-order valence-corrected chi connectivity index (χ2v) is 5.69. The fourth-order valence-electron chi connectivity index (χ4n) is 3.05. The Morgan fingerprint density at radius 3 is 2.70 bits per heavy atom. The Bertz CT molecular complexity index is 852. The number of fused-ring (bicyclic) bond motifs is 2. The first-order valence-corrected chi connectivity index (χ1v) is 7.08. The van der Waals surface area contributed by atoms with Crippen molar-refractivity contribution in [3.05, 3.63) is 39.2 Å². The summed E-state index contributed by atoms with van der Waals surface area (Å²) in [4.78, 5) is 24.7. The van der Waals surface area contributed by atoms with Crippen molar-refractivity contribution in [2.75, 3.05) is 7.11 Å². The highest BCUT2D eigenvalue weighted by molar-refractivity contribution is 5.87. The van der Waals surface area contributed by atoms with Crippen LogP contribution in [0.3, 0.4) is 0 Å². The van der Waals surface area contributed by atoms with Gasteiger partial charge in [0, 0.05) is 6.42 Å². The van der Waals surface area contributed by atoms with Gasteiger partial charge in [-0.3, -0.25) is 9.59 Å². The van der Waals surface area contributed by atoms with Crippen LogP contribution in [-0.4, -0.2) is 40.6 Å². The topological polar surface area (TPSA) is 117 Å². The minimum atomic E-state index is -1.48. The van der Waals surface area contributed by atoms with Gasteiger partial charge in [-0.1, -0.05) is 0 Å². The normalized spacial score (nSPS) is 23.6. The highest BCUT2D eigenvalue weighted by atomic mass is 16.5. The van der Waals surface area contributed by atoms with E-state index in [9.17, 15) is 24.9 Å². The van der Waals surface area contributed by atoms with Crippen LogP contribution in [0.1, 0.15) is 22.8 Å². The number of carbonyl (C=O) groups is 1. The van der Waals surface area contributed by atoms with E-state index in [0.717, 1.165) is 7.11 Å². The summed E-state index contributed by atoms with van der Waals surface area (Å²) in [6.45, 7) is 1.73. The maximum atomic E-state index is 12.8. The maximum Gasteiger partial charge on any atom is 0.316 e. The van der Waals surface area contributed by atoms with Gasteiger partial charge in [-0.05, 0) is 24.6 Å². The van der Waals surface area contributed by atoms with Gasteiger partial charge >= 0.3 is 5.97 Å². The molecule has 1 aromatic carbocycles. The van der Waals surface area contributed by atoms with Crippen LogP contribution in [0.15, 0.2) is 21.3 Å². The van der Waals surface area contributed by atoms with Crippen LogP contribution in [-0.2, 0) is 16.0 Å². The first-order chi connectivity index (χ1) is 10.8. The Labute approximate surface area is 130 Å². The molecule has 0 spiro atoms. The molecule has 0 bridgehead atoms. The van der Waals surface area contributed by atoms with Gasteiger partial charge in [0.15, 0.2) is 0 Å². The number of rotatable bonds is 1. The monoisotopic (exact) mass is 320 g/mol. The van der Waals surface area contributed by atoms with Gasteiger partial charge in [0.2, 0.25) is 5.43 Å². The third-order valence-electron chi connectivity index (χ3n) is 4.13. The number of aryl methyl sites for hydroxylation is 1. The van der Waals surface area contributed by atoms with Gasteiger partial charge < -0.3 is 24.5 Å². The van der Waals surface area contributed by atoms with Crippen molar-refractivity contribution in [2.24, 2.45) is 0 Å². The van der Waals surface area contributed by atoms with E-state index in [1.807, 2.05) is 0 Å². The van der Waals surface area contributed by atoms with E-state index < -0.39 is 29.5 Å². The Morgan fingerprint density at radius 1 is 1.35 bits per heavy atom. The Balaban J connectivity index is 2.37. The molecule has 1 aromatic heterocycles. The quantitative estimate of drug-likeness (QED) is 0.649. The average Bonchev–Trinajstić information content (AvgIpc) is 2.47. The second kappa shape index (κ2) is 5.36. The second-order valence-electron chi connectivity index (χ2n) is 5.69. The molecule has 0 radical (unpaired) electrons. The molecule has 3 atom stereocenters. The first kappa shape index (κ1) is 15.5. The largest absolute Gasteiger partial charge is 0.507 e. The van der Waals surface area contributed by atoms with E-state index in [1.54, 1.807) is 13.0 Å². The Kier molecular flexibility index (Phi) is 3.62. The molecule has 1 aliphatic carbocycles. The van der Waals surface area contributed by atoms with Crippen molar-refractivity contribution in [2.45, 2.75) is 31.5 Å². The third kappa shape index (κ3) is 2.29. The van der Waals surface area contributed by atoms with Crippen LogP contribution in [0, 0.1) is 6.92 Å². The molecular formula is C16H16O7. The molecular weight excluding hydrogens is 304 g/mol. The number of phenols is 1. The molecule has 0 amide bonds. The smallest absolute Gasteiger partial charge is 0.316 e. The summed E-state index contributed by atoms with van der Waals surface area (Å²) in [5.41, 5.74) is 0.166. The first-order valence-electron chi connectivity index (χ1n) is 7.08. The minimum absolute atomic E-state index is 0.0631. The molecule has 1 heterocycles. The van der Waals surface area contributed by atoms with E-state index in [0.29, 0.717) is 5.56 Å². The zero-order chi connectivity index (χ0) is 16.9. The molecule has 7 nitrogen and oxygen atoms in total.